The third kappa shape index (κ3) is 5.43. The molecule has 0 bridgehead atoms. The van der Waals surface area contributed by atoms with Gasteiger partial charge in [0.1, 0.15) is 0 Å². The van der Waals surface area contributed by atoms with Crippen molar-refractivity contribution in [2.24, 2.45) is 5.92 Å². The van der Waals surface area contributed by atoms with Crippen molar-refractivity contribution in [1.82, 2.24) is 14.1 Å². The zero-order valence-corrected chi connectivity index (χ0v) is 17.5. The Morgan fingerprint density at radius 3 is 2.29 bits per heavy atom. The molecule has 2 aliphatic heterocycles. The number of rotatable bonds is 6. The van der Waals surface area contributed by atoms with Crippen molar-refractivity contribution < 1.29 is 13.2 Å². The van der Waals surface area contributed by atoms with Gasteiger partial charge >= 0.3 is 0 Å². The molecule has 0 radical (unpaired) electrons. The molecule has 6 nitrogen and oxygen atoms in total. The predicted molar refractivity (Wildman–Crippen MR) is 112 cm³/mol. The summed E-state index contributed by atoms with van der Waals surface area (Å²) in [4.78, 5) is 17.1. The Hall–Kier alpha value is -1.70. The van der Waals surface area contributed by atoms with E-state index in [0.29, 0.717) is 25.9 Å². The van der Waals surface area contributed by atoms with Crippen LogP contribution in [-0.4, -0.2) is 80.0 Å². The van der Waals surface area contributed by atoms with E-state index in [1.807, 2.05) is 23.1 Å². The van der Waals surface area contributed by atoms with E-state index >= 15 is 0 Å². The third-order valence-electron chi connectivity index (χ3n) is 5.72. The van der Waals surface area contributed by atoms with Crippen molar-refractivity contribution in [1.29, 1.82) is 0 Å². The molecular weight excluding hydrogens is 374 g/mol. The van der Waals surface area contributed by atoms with Gasteiger partial charge in [0.15, 0.2) is 0 Å². The molecule has 0 N–H and O–H groups in total. The molecule has 154 valence electrons. The van der Waals surface area contributed by atoms with E-state index in [1.54, 1.807) is 6.92 Å². The maximum Gasteiger partial charge on any atom is 0.225 e. The van der Waals surface area contributed by atoms with Crippen LogP contribution in [0.2, 0.25) is 0 Å². The van der Waals surface area contributed by atoms with Gasteiger partial charge in [0, 0.05) is 51.7 Å². The van der Waals surface area contributed by atoms with Crippen LogP contribution in [0.1, 0.15) is 25.3 Å². The normalized spacial score (nSPS) is 20.7. The van der Waals surface area contributed by atoms with Crippen LogP contribution >= 0.6 is 0 Å². The minimum atomic E-state index is -3.14. The summed E-state index contributed by atoms with van der Waals surface area (Å²) in [6.45, 7) is 6.78. The molecule has 1 amide bonds. The molecule has 0 unspecified atom stereocenters. The van der Waals surface area contributed by atoms with E-state index in [-0.39, 0.29) is 17.6 Å². The minimum absolute atomic E-state index is 0.0344. The number of carbonyl (C=O) groups is 1. The molecule has 2 saturated heterocycles. The lowest BCUT2D eigenvalue weighted by molar-refractivity contribution is -0.138. The highest BCUT2D eigenvalue weighted by Crippen LogP contribution is 2.22. The van der Waals surface area contributed by atoms with E-state index in [9.17, 15) is 13.2 Å². The molecule has 1 aromatic carbocycles. The molecule has 0 saturated carbocycles. The average Bonchev–Trinajstić information content (AvgIpc) is 2.74. The number of piperazine rings is 1. The van der Waals surface area contributed by atoms with Crippen molar-refractivity contribution in [2.75, 3.05) is 51.6 Å². The highest BCUT2D eigenvalue weighted by molar-refractivity contribution is 7.89. The molecule has 0 aliphatic carbocycles. The quantitative estimate of drug-likeness (QED) is 0.725. The van der Waals surface area contributed by atoms with E-state index < -0.39 is 10.0 Å². The van der Waals surface area contributed by atoms with Crippen molar-refractivity contribution >= 4 is 22.0 Å². The summed E-state index contributed by atoms with van der Waals surface area (Å²) in [7, 11) is -3.14. The van der Waals surface area contributed by atoms with Crippen LogP contribution in [0.15, 0.2) is 36.4 Å². The molecule has 2 fully saturated rings. The Labute approximate surface area is 168 Å². The topological polar surface area (TPSA) is 60.9 Å². The molecule has 2 aliphatic rings. The van der Waals surface area contributed by atoms with E-state index in [2.05, 4.69) is 29.2 Å². The Balaban J connectivity index is 1.41. The second-order valence-corrected chi connectivity index (χ2v) is 9.77. The Bertz CT molecular complexity index is 763. The van der Waals surface area contributed by atoms with E-state index in [4.69, 9.17) is 0 Å². The number of sulfonamides is 1. The fourth-order valence-electron chi connectivity index (χ4n) is 3.87. The number of hydrogen-bond acceptors (Lipinski definition) is 4. The van der Waals surface area contributed by atoms with Crippen LogP contribution in [0.4, 0.5) is 0 Å². The predicted octanol–water partition coefficient (Wildman–Crippen LogP) is 1.91. The summed E-state index contributed by atoms with van der Waals surface area (Å²) in [5.74, 6) is 0.299. The smallest absolute Gasteiger partial charge is 0.225 e. The van der Waals surface area contributed by atoms with E-state index in [0.717, 1.165) is 32.7 Å². The lowest BCUT2D eigenvalue weighted by atomic mass is 9.96. The van der Waals surface area contributed by atoms with Gasteiger partial charge in [-0.1, -0.05) is 42.5 Å². The molecule has 0 atom stereocenters. The lowest BCUT2D eigenvalue weighted by Gasteiger charge is -2.38. The molecule has 2 heterocycles. The monoisotopic (exact) mass is 405 g/mol. The van der Waals surface area contributed by atoms with Crippen LogP contribution in [0.5, 0.6) is 0 Å². The SMILES string of the molecule is CCS(=O)(=O)N1CCC(C(=O)N2CCN(C/C=C/c3ccccc3)CC2)CC1. The van der Waals surface area contributed by atoms with Gasteiger partial charge in [-0.3, -0.25) is 9.69 Å². The summed E-state index contributed by atoms with van der Waals surface area (Å²) < 4.78 is 25.5. The highest BCUT2D eigenvalue weighted by Gasteiger charge is 2.33. The molecule has 7 heteroatoms. The fourth-order valence-corrected chi connectivity index (χ4v) is 5.01. The Morgan fingerprint density at radius 1 is 1.04 bits per heavy atom. The number of hydrogen-bond donors (Lipinski definition) is 0. The maximum absolute atomic E-state index is 12.8. The summed E-state index contributed by atoms with van der Waals surface area (Å²) in [6.07, 6.45) is 5.59. The minimum Gasteiger partial charge on any atom is -0.340 e. The van der Waals surface area contributed by atoms with Gasteiger partial charge in [-0.15, -0.1) is 0 Å². The standard InChI is InChI=1S/C21H31N3O3S/c1-2-28(26,27)24-13-10-20(11-14-24)21(25)23-17-15-22(16-18-23)12-6-9-19-7-4-3-5-8-19/h3-9,20H,2,10-18H2,1H3/b9-6+. The average molecular weight is 406 g/mol. The fraction of sp³-hybridized carbons (Fsp3) is 0.571. The summed E-state index contributed by atoms with van der Waals surface area (Å²) in [6, 6.07) is 10.3. The second-order valence-electron chi connectivity index (χ2n) is 7.51. The van der Waals surface area contributed by atoms with Gasteiger partial charge in [0.25, 0.3) is 0 Å². The van der Waals surface area contributed by atoms with Crippen LogP contribution in [-0.2, 0) is 14.8 Å². The zero-order chi connectivity index (χ0) is 20.0. The van der Waals surface area contributed by atoms with Gasteiger partial charge in [-0.2, -0.15) is 0 Å². The number of amides is 1. The Morgan fingerprint density at radius 2 is 1.68 bits per heavy atom. The molecular formula is C21H31N3O3S. The van der Waals surface area contributed by atoms with Crippen molar-refractivity contribution in [3.8, 4) is 0 Å². The van der Waals surface area contributed by atoms with Crippen molar-refractivity contribution in [2.45, 2.75) is 19.8 Å². The summed E-state index contributed by atoms with van der Waals surface area (Å²) in [5.41, 5.74) is 1.20. The first-order chi connectivity index (χ1) is 13.5. The van der Waals surface area contributed by atoms with Crippen LogP contribution in [0.3, 0.4) is 0 Å². The molecule has 28 heavy (non-hydrogen) atoms. The van der Waals surface area contributed by atoms with Gasteiger partial charge in [-0.25, -0.2) is 12.7 Å². The molecule has 1 aromatic rings. The largest absolute Gasteiger partial charge is 0.340 e. The molecule has 3 rings (SSSR count). The first kappa shape index (κ1) is 21.0. The van der Waals surface area contributed by atoms with Crippen LogP contribution in [0, 0.1) is 5.92 Å². The highest BCUT2D eigenvalue weighted by atomic mass is 32.2. The van der Waals surface area contributed by atoms with Gasteiger partial charge in [0.2, 0.25) is 15.9 Å². The second kappa shape index (κ2) is 9.67. The first-order valence-corrected chi connectivity index (χ1v) is 11.8. The van der Waals surface area contributed by atoms with Crippen molar-refractivity contribution in [3.63, 3.8) is 0 Å². The lowest BCUT2D eigenvalue weighted by Crippen LogP contribution is -2.51. The number of nitrogens with zero attached hydrogens (tertiary/aromatic N) is 3. The van der Waals surface area contributed by atoms with E-state index in [1.165, 1.54) is 9.87 Å². The van der Waals surface area contributed by atoms with Crippen LogP contribution in [0.25, 0.3) is 6.08 Å². The van der Waals surface area contributed by atoms with Crippen LogP contribution < -0.4 is 0 Å². The van der Waals surface area contributed by atoms with Gasteiger partial charge in [-0.05, 0) is 25.3 Å². The van der Waals surface area contributed by atoms with Crippen molar-refractivity contribution in [3.05, 3.63) is 42.0 Å². The summed E-state index contributed by atoms with van der Waals surface area (Å²) in [5, 5.41) is 0. The number of benzene rings is 1. The first-order valence-electron chi connectivity index (χ1n) is 10.2. The van der Waals surface area contributed by atoms with Gasteiger partial charge in [0.05, 0.1) is 5.75 Å². The Kier molecular flexibility index (Phi) is 7.26. The zero-order valence-electron chi connectivity index (χ0n) is 16.7. The molecule has 0 aromatic heterocycles. The number of carbonyl (C=O) groups excluding carboxylic acids is 1. The third-order valence-corrected chi connectivity index (χ3v) is 7.60. The molecule has 0 spiro atoms. The summed E-state index contributed by atoms with van der Waals surface area (Å²) >= 11 is 0. The maximum atomic E-state index is 12.8. The van der Waals surface area contributed by atoms with Gasteiger partial charge < -0.3 is 4.90 Å². The number of piperidine rings is 1.